The number of aromatic hydroxyl groups is 5. The molecule has 4 saturated heterocycles. The van der Waals surface area contributed by atoms with E-state index in [2.05, 4.69) is 79.2 Å². The summed E-state index contributed by atoms with van der Waals surface area (Å²) in [6.07, 6.45) is 18.4. The molecule has 25 heteroatoms. The smallest absolute Gasteiger partial charge is 0.259 e. The Morgan fingerprint density at radius 2 is 0.605 bits per heavy atom. The number of anilines is 5. The number of furan rings is 5. The van der Waals surface area contributed by atoms with E-state index in [4.69, 9.17) is 22.1 Å². The number of benzene rings is 10. The highest BCUT2D eigenvalue weighted by Crippen LogP contribution is 2.46. The third-order valence-corrected chi connectivity index (χ3v) is 30.6. The highest BCUT2D eigenvalue weighted by molar-refractivity contribution is 6.18. The van der Waals surface area contributed by atoms with E-state index in [1.54, 1.807) is 95.3 Å². The number of nitrogens with zero attached hydrogens (tertiary/aromatic N) is 4. The predicted octanol–water partition coefficient (Wildman–Crippen LogP) is 26.9. The molecule has 25 nitrogen and oxygen atoms in total. The molecule has 7 fully saturated rings. The van der Waals surface area contributed by atoms with Gasteiger partial charge in [-0.05, 0) is 347 Å². The maximum Gasteiger partial charge on any atom is 0.259 e. The fourth-order valence-corrected chi connectivity index (χ4v) is 22.9. The molecule has 2 bridgehead atoms. The fourth-order valence-electron chi connectivity index (χ4n) is 22.9. The van der Waals surface area contributed by atoms with Gasteiger partial charge in [-0.15, -0.1) is 0 Å². The zero-order valence-electron chi connectivity index (χ0n) is 87.4. The van der Waals surface area contributed by atoms with Crippen LogP contribution in [0.15, 0.2) is 204 Å². The van der Waals surface area contributed by atoms with Crippen molar-refractivity contribution in [2.75, 3.05) is 65.9 Å². The normalized spacial score (nSPS) is 18.6. The van der Waals surface area contributed by atoms with Gasteiger partial charge in [0.2, 0.25) is 0 Å². The lowest BCUT2D eigenvalue weighted by Gasteiger charge is -2.42. The number of likely N-dealkylation sites (tertiary alicyclic amines) is 4. The second kappa shape index (κ2) is 46.4. The van der Waals surface area contributed by atoms with E-state index in [1.165, 1.54) is 57.8 Å². The van der Waals surface area contributed by atoms with Crippen LogP contribution in [0.5, 0.6) is 28.7 Å². The largest absolute Gasteiger partial charge is 0.508 e. The molecule has 5 amide bonds. The van der Waals surface area contributed by atoms with Crippen molar-refractivity contribution in [1.29, 1.82) is 0 Å². The zero-order valence-corrected chi connectivity index (χ0v) is 87.4. The first-order chi connectivity index (χ1) is 70.7. The first-order valence-corrected chi connectivity index (χ1v) is 52.5. The minimum absolute atomic E-state index is 0.200. The summed E-state index contributed by atoms with van der Waals surface area (Å²) in [7, 11) is 0. The van der Waals surface area contributed by atoms with Gasteiger partial charge in [0, 0.05) is 147 Å². The third-order valence-electron chi connectivity index (χ3n) is 30.6. The van der Waals surface area contributed by atoms with E-state index >= 15 is 0 Å². The number of phenols is 5. The molecule has 22 rings (SSSR count). The topological polar surface area (TPSA) is 337 Å². The Balaban J connectivity index is 0.000000126. The summed E-state index contributed by atoms with van der Waals surface area (Å²) in [5.41, 5.74) is 18.6. The van der Waals surface area contributed by atoms with Crippen LogP contribution in [0.4, 0.5) is 28.4 Å². The van der Waals surface area contributed by atoms with Gasteiger partial charge in [0.15, 0.2) is 0 Å². The number of hydrogen-bond acceptors (Lipinski definition) is 20. The maximum atomic E-state index is 13.2. The highest BCUT2D eigenvalue weighted by atomic mass is 16.4. The molecule has 0 radical (unpaired) electrons. The number of phenolic OH excluding ortho intramolecular Hbond substituents is 5. The monoisotopic (exact) mass is 1990 g/mol. The lowest BCUT2D eigenvalue weighted by molar-refractivity contribution is 0.101. The van der Waals surface area contributed by atoms with Gasteiger partial charge >= 0.3 is 0 Å². The van der Waals surface area contributed by atoms with Crippen molar-refractivity contribution < 1.29 is 71.6 Å². The Kier molecular flexibility index (Phi) is 33.0. The molecule has 0 spiro atoms. The molecule has 2 unspecified atom stereocenters. The van der Waals surface area contributed by atoms with Gasteiger partial charge in [-0.2, -0.15) is 0 Å². The lowest BCUT2D eigenvalue weighted by Crippen LogP contribution is -2.44. The van der Waals surface area contributed by atoms with Crippen LogP contribution in [0.25, 0.3) is 54.8 Å². The summed E-state index contributed by atoms with van der Waals surface area (Å²) in [4.78, 5) is 75.3. The van der Waals surface area contributed by atoms with Gasteiger partial charge in [0.1, 0.15) is 85.5 Å². The number of fused-ring (bicyclic) bond motifs is 8. The summed E-state index contributed by atoms with van der Waals surface area (Å²) >= 11 is 0. The summed E-state index contributed by atoms with van der Waals surface area (Å²) in [5, 5.41) is 75.5. The number of hydrogen-bond donors (Lipinski definition) is 11. The second-order valence-corrected chi connectivity index (χ2v) is 42.1. The lowest BCUT2D eigenvalue weighted by atomic mass is 9.68. The third kappa shape index (κ3) is 24.5. The second-order valence-electron chi connectivity index (χ2n) is 42.1. The van der Waals surface area contributed by atoms with Gasteiger partial charge in [0.05, 0.1) is 27.8 Å². The molecule has 7 aliphatic rings. The molecular weight excluding hydrogens is 1850 g/mol. The minimum atomic E-state index is -0.219. The number of nitrogens with one attached hydrogen (secondary N) is 6. The van der Waals surface area contributed by atoms with E-state index < -0.39 is 0 Å². The number of piperidine rings is 4. The Morgan fingerprint density at radius 3 is 0.898 bits per heavy atom. The van der Waals surface area contributed by atoms with Crippen LogP contribution in [0, 0.1) is 92.9 Å². The van der Waals surface area contributed by atoms with Gasteiger partial charge in [-0.3, -0.25) is 43.6 Å². The quantitative estimate of drug-likeness (QED) is 0.0318. The molecule has 3 aliphatic carbocycles. The molecule has 147 heavy (non-hydrogen) atoms. The number of carbonyl (C=O) groups excluding carboxylic acids is 5. The summed E-state index contributed by atoms with van der Waals surface area (Å²) in [6, 6.07) is 57.0. The Bertz CT molecular complexity index is 6970. The molecule has 5 aromatic heterocycles. The number of rotatable bonds is 21. The van der Waals surface area contributed by atoms with E-state index in [0.717, 1.165) is 174 Å². The summed E-state index contributed by atoms with van der Waals surface area (Å²) < 4.78 is 29.5. The fraction of sp³-hybridized carbons (Fsp3) is 0.385. The van der Waals surface area contributed by atoms with Crippen molar-refractivity contribution in [3.8, 4) is 28.7 Å². The SMILES string of the molecule is Cc1ccc(NC(=O)c2c(C)oc3ccc(O)c(CNC4CC5CCC4CC5)c23)cc1.Cc1cccc(NC(=O)c2c(C)oc3ccc(O)c(CN4CCCC(C)C4)c23)c1.Cc1cccc(NC(=O)c2c(C)oc3ccc(O)c(CN4CCCC[C@@H]4C)c23)c1.Cc1cccc(NC(=O)c2c(C)oc3ccc(O)c(CN4CCCC[C@H]4C)c23)c1.Cc1cccc(NC(=O)c2c(C)oc3ccc(O)c(CN4CCC[C@H](C)C4)c23)c1. The highest BCUT2D eigenvalue weighted by Gasteiger charge is 2.38. The number of carbonyl (C=O) groups is 5. The van der Waals surface area contributed by atoms with E-state index in [1.807, 2.05) is 156 Å². The van der Waals surface area contributed by atoms with Crippen molar-refractivity contribution in [2.24, 2.45) is 23.7 Å². The van der Waals surface area contributed by atoms with Crippen LogP contribution in [0.3, 0.4) is 0 Å². The molecule has 4 aliphatic heterocycles. The van der Waals surface area contributed by atoms with Crippen LogP contribution in [0.2, 0.25) is 0 Å². The molecule has 11 N–H and O–H groups in total. The van der Waals surface area contributed by atoms with Gasteiger partial charge in [-0.1, -0.05) is 106 Å². The Morgan fingerprint density at radius 1 is 0.306 bits per heavy atom. The van der Waals surface area contributed by atoms with Crippen LogP contribution in [-0.4, -0.2) is 132 Å². The Hall–Kier alpha value is -14.0. The van der Waals surface area contributed by atoms with Crippen LogP contribution < -0.4 is 31.9 Å². The van der Waals surface area contributed by atoms with Crippen molar-refractivity contribution in [3.05, 3.63) is 294 Å². The van der Waals surface area contributed by atoms with Gasteiger partial charge in [-0.25, -0.2) is 0 Å². The average molecular weight is 1990 g/mol. The molecular formula is C122H142N10O15. The summed E-state index contributed by atoms with van der Waals surface area (Å²) in [6.45, 7) is 36.9. The van der Waals surface area contributed by atoms with E-state index in [9.17, 15) is 49.5 Å². The minimum Gasteiger partial charge on any atom is -0.508 e. The molecule has 15 aromatic rings. The number of aryl methyl sites for hydroxylation is 10. The van der Waals surface area contributed by atoms with Crippen molar-refractivity contribution in [3.63, 3.8) is 0 Å². The maximum absolute atomic E-state index is 13.2. The molecule has 3 saturated carbocycles. The van der Waals surface area contributed by atoms with Gasteiger partial charge < -0.3 is 79.5 Å². The van der Waals surface area contributed by atoms with Crippen molar-refractivity contribution in [1.82, 2.24) is 24.9 Å². The molecule has 770 valence electrons. The van der Waals surface area contributed by atoms with E-state index in [0.29, 0.717) is 174 Å². The van der Waals surface area contributed by atoms with Crippen LogP contribution in [-0.2, 0) is 32.7 Å². The molecule has 5 atom stereocenters. The molecule has 9 heterocycles. The average Bonchev–Trinajstić information content (AvgIpc) is 1.64. The van der Waals surface area contributed by atoms with E-state index in [-0.39, 0.29) is 58.3 Å². The van der Waals surface area contributed by atoms with Gasteiger partial charge in [0.25, 0.3) is 29.5 Å². The first-order valence-electron chi connectivity index (χ1n) is 52.5. The predicted molar refractivity (Wildman–Crippen MR) is 584 cm³/mol. The Labute approximate surface area is 860 Å². The zero-order chi connectivity index (χ0) is 104. The number of amides is 5. The van der Waals surface area contributed by atoms with Crippen molar-refractivity contribution in [2.45, 2.75) is 244 Å². The van der Waals surface area contributed by atoms with Crippen LogP contribution >= 0.6 is 0 Å². The van der Waals surface area contributed by atoms with Crippen molar-refractivity contribution >= 4 is 113 Å². The van der Waals surface area contributed by atoms with Crippen LogP contribution in [0.1, 0.15) is 260 Å². The first kappa shape index (κ1) is 104. The summed E-state index contributed by atoms with van der Waals surface area (Å²) in [5.74, 6) is 5.58. The standard InChI is InChI=1S/C26H30N2O3.4C24H28N2O3/c1-15-3-9-19(10-4-15)28-26(30)24-16(2)31-23-12-11-22(29)20(25(23)24)14-27-21-13-17-5-7-18(21)8-6-17;2*1-15-6-4-8-18(12-15)25-24(28)22-17(3)29-21-10-9-20(27)19(23(21)22)14-26-11-5-7-16(2)13-26;2*1-15-7-6-9-18(13-15)25-24(28)22-17(3)29-21-11-10-20(27)19(23(21)22)14-26-12-5-4-8-16(26)2/h3-4,9-12,17-18,21,27,29H,5-8,13-14H2,1-2H3,(H,28,30);2*4,6,8-10,12,16,27H,5,7,11,13-14H2,1-3H3,(H,25,28);2*6-7,9-11,13,16,27H,4-5,8,12,14H2,1-3H3,(H,25,28)/t;16-;;2*16-/m.0.10/s1. The molecule has 10 aromatic carbocycles.